The fourth-order valence-electron chi connectivity index (χ4n) is 4.19. The van der Waals surface area contributed by atoms with Crippen molar-refractivity contribution in [2.45, 2.75) is 31.9 Å². The maximum Gasteiger partial charge on any atom is 0.222 e. The van der Waals surface area contributed by atoms with E-state index < -0.39 is 0 Å². The Hall–Kier alpha value is -1.33. The highest BCUT2D eigenvalue weighted by Crippen LogP contribution is 2.35. The van der Waals surface area contributed by atoms with Crippen LogP contribution in [0.2, 0.25) is 0 Å². The predicted molar refractivity (Wildman–Crippen MR) is 81.1 cm³/mol. The lowest BCUT2D eigenvalue weighted by Crippen LogP contribution is -2.45. The van der Waals surface area contributed by atoms with Crippen LogP contribution in [0.3, 0.4) is 0 Å². The number of amides is 1. The van der Waals surface area contributed by atoms with Crippen LogP contribution in [0.1, 0.15) is 24.8 Å². The number of piperidine rings is 1. The minimum Gasteiger partial charge on any atom is -0.472 e. The average molecular weight is 304 g/mol. The summed E-state index contributed by atoms with van der Waals surface area (Å²) in [5.41, 5.74) is 1.24. The molecule has 0 aliphatic carbocycles. The van der Waals surface area contributed by atoms with Gasteiger partial charge in [0.15, 0.2) is 0 Å². The number of hydrogen-bond acceptors (Lipinski definition) is 4. The molecule has 1 amide bonds. The van der Waals surface area contributed by atoms with Crippen molar-refractivity contribution in [1.82, 2.24) is 9.80 Å². The molecule has 4 heterocycles. The second-order valence-electron chi connectivity index (χ2n) is 6.89. The summed E-state index contributed by atoms with van der Waals surface area (Å²) in [6.07, 6.45) is 6.71. The third-order valence-corrected chi connectivity index (χ3v) is 5.45. The van der Waals surface area contributed by atoms with Gasteiger partial charge in [0, 0.05) is 44.1 Å². The molecule has 0 bridgehead atoms. The van der Waals surface area contributed by atoms with Crippen molar-refractivity contribution < 1.29 is 13.9 Å². The molecule has 3 atom stereocenters. The fraction of sp³-hybridized carbons (Fsp3) is 0.706. The highest BCUT2D eigenvalue weighted by Gasteiger charge is 2.42. The first-order valence-electron chi connectivity index (χ1n) is 8.42. The molecule has 0 N–H and O–H groups in total. The molecule has 4 rings (SSSR count). The minimum atomic E-state index is 0.221. The largest absolute Gasteiger partial charge is 0.472 e. The number of likely N-dealkylation sites (tertiary alicyclic amines) is 2. The van der Waals surface area contributed by atoms with Gasteiger partial charge < -0.3 is 14.1 Å². The van der Waals surface area contributed by atoms with Crippen LogP contribution in [-0.2, 0) is 16.1 Å². The molecule has 3 aliphatic rings. The van der Waals surface area contributed by atoms with Gasteiger partial charge >= 0.3 is 0 Å². The number of nitrogens with zero attached hydrogens (tertiary/aromatic N) is 2. The Bertz CT molecular complexity index is 516. The van der Waals surface area contributed by atoms with Crippen LogP contribution < -0.4 is 0 Å². The molecule has 0 radical (unpaired) electrons. The van der Waals surface area contributed by atoms with E-state index in [4.69, 9.17) is 9.15 Å². The maximum absolute atomic E-state index is 11.8. The van der Waals surface area contributed by atoms with Crippen molar-refractivity contribution in [3.05, 3.63) is 24.2 Å². The Morgan fingerprint density at radius 3 is 3.05 bits per heavy atom. The molecule has 3 aliphatic heterocycles. The number of carbonyl (C=O) groups is 1. The number of hydrogen-bond donors (Lipinski definition) is 0. The summed E-state index contributed by atoms with van der Waals surface area (Å²) in [6, 6.07) is 2.04. The average Bonchev–Trinajstić information content (AvgIpc) is 3.24. The van der Waals surface area contributed by atoms with Gasteiger partial charge in [0.25, 0.3) is 0 Å². The number of fused-ring (bicyclic) bond motifs is 1. The monoisotopic (exact) mass is 304 g/mol. The van der Waals surface area contributed by atoms with Gasteiger partial charge in [-0.05, 0) is 31.4 Å². The molecule has 3 fully saturated rings. The molecular formula is C17H24N2O3. The first kappa shape index (κ1) is 14.3. The molecule has 120 valence electrons. The predicted octanol–water partition coefficient (Wildman–Crippen LogP) is 1.74. The Morgan fingerprint density at radius 1 is 1.32 bits per heavy atom. The standard InChI is InChI=1S/C17H24N2O3/c20-17-2-1-5-19(17)10-16-15-9-18(6-3-14(15)12-22-16)8-13-4-7-21-11-13/h4,7,11,14-16H,1-3,5-6,8-10,12H2/t14-,15-,16+/m1/s1. The van der Waals surface area contributed by atoms with Crippen LogP contribution in [-0.4, -0.2) is 54.6 Å². The maximum atomic E-state index is 11.8. The first-order chi connectivity index (χ1) is 10.8. The third-order valence-electron chi connectivity index (χ3n) is 5.45. The van der Waals surface area contributed by atoms with E-state index in [0.717, 1.165) is 45.8 Å². The van der Waals surface area contributed by atoms with E-state index >= 15 is 0 Å². The lowest BCUT2D eigenvalue weighted by atomic mass is 9.84. The van der Waals surface area contributed by atoms with E-state index in [0.29, 0.717) is 24.2 Å². The summed E-state index contributed by atoms with van der Waals surface area (Å²) in [7, 11) is 0. The molecule has 1 aromatic rings. The van der Waals surface area contributed by atoms with Crippen LogP contribution in [0.25, 0.3) is 0 Å². The van der Waals surface area contributed by atoms with Crippen molar-refractivity contribution in [1.29, 1.82) is 0 Å². The summed E-state index contributed by atoms with van der Waals surface area (Å²) in [5.74, 6) is 1.54. The van der Waals surface area contributed by atoms with Gasteiger partial charge in [0.1, 0.15) is 0 Å². The molecule has 22 heavy (non-hydrogen) atoms. The molecular weight excluding hydrogens is 280 g/mol. The second-order valence-corrected chi connectivity index (χ2v) is 6.89. The van der Waals surface area contributed by atoms with Gasteiger partial charge in [-0.1, -0.05) is 0 Å². The smallest absolute Gasteiger partial charge is 0.222 e. The summed E-state index contributed by atoms with van der Waals surface area (Å²) in [4.78, 5) is 16.3. The Kier molecular flexibility index (Phi) is 3.92. The van der Waals surface area contributed by atoms with E-state index in [1.807, 2.05) is 17.2 Å². The number of ether oxygens (including phenoxy) is 1. The Morgan fingerprint density at radius 2 is 2.27 bits per heavy atom. The molecule has 0 spiro atoms. The quantitative estimate of drug-likeness (QED) is 0.850. The van der Waals surface area contributed by atoms with Gasteiger partial charge in [-0.2, -0.15) is 0 Å². The summed E-state index contributed by atoms with van der Waals surface area (Å²) in [6.45, 7) is 5.73. The van der Waals surface area contributed by atoms with E-state index in [1.54, 1.807) is 6.26 Å². The Labute approximate surface area is 131 Å². The summed E-state index contributed by atoms with van der Waals surface area (Å²) >= 11 is 0. The highest BCUT2D eigenvalue weighted by molar-refractivity contribution is 5.78. The summed E-state index contributed by atoms with van der Waals surface area (Å²) < 4.78 is 11.2. The zero-order valence-electron chi connectivity index (χ0n) is 12.9. The molecule has 1 aromatic heterocycles. The van der Waals surface area contributed by atoms with Crippen LogP contribution in [0.4, 0.5) is 0 Å². The van der Waals surface area contributed by atoms with Crippen molar-refractivity contribution in [2.24, 2.45) is 11.8 Å². The van der Waals surface area contributed by atoms with Gasteiger partial charge in [0.2, 0.25) is 5.91 Å². The molecule has 5 nitrogen and oxygen atoms in total. The number of furan rings is 1. The van der Waals surface area contributed by atoms with Gasteiger partial charge in [0.05, 0.1) is 25.2 Å². The van der Waals surface area contributed by atoms with Gasteiger partial charge in [-0.25, -0.2) is 0 Å². The SMILES string of the molecule is O=C1CCCN1C[C@@H]1OC[C@H]2CCN(Cc3ccoc3)C[C@H]21. The third kappa shape index (κ3) is 2.79. The van der Waals surface area contributed by atoms with E-state index in [9.17, 15) is 4.79 Å². The first-order valence-corrected chi connectivity index (χ1v) is 8.42. The normalized spacial score (nSPS) is 32.6. The molecule has 0 saturated carbocycles. The highest BCUT2D eigenvalue weighted by atomic mass is 16.5. The van der Waals surface area contributed by atoms with E-state index in [-0.39, 0.29) is 6.10 Å². The molecule has 5 heteroatoms. The molecule has 3 saturated heterocycles. The lowest BCUT2D eigenvalue weighted by Gasteiger charge is -2.36. The van der Waals surface area contributed by atoms with E-state index in [1.165, 1.54) is 12.0 Å². The minimum absolute atomic E-state index is 0.221. The van der Waals surface area contributed by atoms with Crippen molar-refractivity contribution in [2.75, 3.05) is 32.8 Å². The fourth-order valence-corrected chi connectivity index (χ4v) is 4.19. The van der Waals surface area contributed by atoms with Crippen molar-refractivity contribution in [3.8, 4) is 0 Å². The van der Waals surface area contributed by atoms with Crippen molar-refractivity contribution >= 4 is 5.91 Å². The Balaban J connectivity index is 1.37. The van der Waals surface area contributed by atoms with Crippen LogP contribution in [0.5, 0.6) is 0 Å². The number of rotatable bonds is 4. The summed E-state index contributed by atoms with van der Waals surface area (Å²) in [5, 5.41) is 0. The lowest BCUT2D eigenvalue weighted by molar-refractivity contribution is -0.129. The topological polar surface area (TPSA) is 45.9 Å². The van der Waals surface area contributed by atoms with Crippen molar-refractivity contribution in [3.63, 3.8) is 0 Å². The van der Waals surface area contributed by atoms with Crippen LogP contribution in [0, 0.1) is 11.8 Å². The van der Waals surface area contributed by atoms with Gasteiger partial charge in [-0.3, -0.25) is 9.69 Å². The molecule has 0 aromatic carbocycles. The second kappa shape index (κ2) is 6.05. The van der Waals surface area contributed by atoms with Crippen LogP contribution in [0.15, 0.2) is 23.0 Å². The zero-order chi connectivity index (χ0) is 14.9. The van der Waals surface area contributed by atoms with Crippen LogP contribution >= 0.6 is 0 Å². The van der Waals surface area contributed by atoms with E-state index in [2.05, 4.69) is 4.90 Å². The molecule has 0 unspecified atom stereocenters. The van der Waals surface area contributed by atoms with Gasteiger partial charge in [-0.15, -0.1) is 0 Å². The number of carbonyl (C=O) groups excluding carboxylic acids is 1. The zero-order valence-corrected chi connectivity index (χ0v) is 12.9.